The minimum absolute atomic E-state index is 0.149. The van der Waals surface area contributed by atoms with Crippen LogP contribution in [0.1, 0.15) is 17.3 Å². The van der Waals surface area contributed by atoms with Crippen molar-refractivity contribution in [3.63, 3.8) is 0 Å². The Balaban J connectivity index is 3.00. The summed E-state index contributed by atoms with van der Waals surface area (Å²) >= 11 is 0. The van der Waals surface area contributed by atoms with Crippen LogP contribution in [0.3, 0.4) is 0 Å². The lowest BCUT2D eigenvalue weighted by atomic mass is 10.1. The highest BCUT2D eigenvalue weighted by molar-refractivity contribution is 5.95. The highest BCUT2D eigenvalue weighted by Crippen LogP contribution is 2.25. The van der Waals surface area contributed by atoms with Crippen LogP contribution >= 0.6 is 0 Å². The highest BCUT2D eigenvalue weighted by Gasteiger charge is 2.18. The summed E-state index contributed by atoms with van der Waals surface area (Å²) in [6, 6.07) is 3.43. The largest absolute Gasteiger partial charge is 0.392 e. The van der Waals surface area contributed by atoms with Crippen LogP contribution < -0.4 is 16.4 Å². The maximum atomic E-state index is 11.5. The predicted molar refractivity (Wildman–Crippen MR) is 74.6 cm³/mol. The zero-order valence-electron chi connectivity index (χ0n) is 11.3. The molecule has 2 atom stereocenters. The zero-order chi connectivity index (χ0) is 15.3. The Kier molecular flexibility index (Phi) is 5.42. The number of hydrogen-bond acceptors (Lipinski definition) is 6. The van der Waals surface area contributed by atoms with Crippen molar-refractivity contribution in [2.75, 3.05) is 18.9 Å². The molecule has 0 saturated carbocycles. The first-order valence-electron chi connectivity index (χ1n) is 6.04. The second kappa shape index (κ2) is 6.83. The third-order valence-electron chi connectivity index (χ3n) is 2.83. The van der Waals surface area contributed by atoms with Crippen molar-refractivity contribution < 1.29 is 14.8 Å². The number of hydrogen-bond donors (Lipinski definition) is 4. The van der Waals surface area contributed by atoms with Gasteiger partial charge < -0.3 is 21.5 Å². The van der Waals surface area contributed by atoms with Crippen molar-refractivity contribution in [3.05, 3.63) is 33.9 Å². The molecule has 1 amide bonds. The number of carbonyl (C=O) groups excluding carboxylic acids is 1. The summed E-state index contributed by atoms with van der Waals surface area (Å²) in [6.07, 6.45) is -0.747. The number of carbonyl (C=O) groups is 1. The van der Waals surface area contributed by atoms with Crippen molar-refractivity contribution >= 4 is 17.3 Å². The van der Waals surface area contributed by atoms with E-state index in [0.717, 1.165) is 0 Å². The topological polar surface area (TPSA) is 131 Å². The van der Waals surface area contributed by atoms with Crippen LogP contribution in [0.15, 0.2) is 18.2 Å². The number of aliphatic hydroxyl groups is 1. The van der Waals surface area contributed by atoms with Gasteiger partial charge in [-0.2, -0.15) is 0 Å². The Morgan fingerprint density at radius 3 is 2.70 bits per heavy atom. The maximum Gasteiger partial charge on any atom is 0.292 e. The summed E-state index contributed by atoms with van der Waals surface area (Å²) in [5, 5.41) is 25.5. The molecule has 0 aliphatic carbocycles. The summed E-state index contributed by atoms with van der Waals surface area (Å²) < 4.78 is 0. The van der Waals surface area contributed by atoms with E-state index in [2.05, 4.69) is 10.6 Å². The first-order chi connectivity index (χ1) is 9.36. The first-order valence-corrected chi connectivity index (χ1v) is 6.04. The average Bonchev–Trinajstić information content (AvgIpc) is 2.43. The number of nitro benzene ring substituents is 1. The molecule has 0 radical (unpaired) electrons. The number of benzene rings is 1. The molecule has 1 rings (SSSR count). The fourth-order valence-electron chi connectivity index (χ4n) is 1.52. The monoisotopic (exact) mass is 282 g/mol. The minimum atomic E-state index is -0.747. The molecule has 0 spiro atoms. The van der Waals surface area contributed by atoms with Crippen LogP contribution in [0, 0.1) is 10.1 Å². The van der Waals surface area contributed by atoms with Gasteiger partial charge in [0.1, 0.15) is 5.69 Å². The number of amides is 1. The van der Waals surface area contributed by atoms with Gasteiger partial charge in [0.15, 0.2) is 0 Å². The molecule has 0 aliphatic heterocycles. The van der Waals surface area contributed by atoms with Crippen molar-refractivity contribution in [1.29, 1.82) is 0 Å². The molecule has 0 bridgehead atoms. The highest BCUT2D eigenvalue weighted by atomic mass is 16.6. The second-order valence-corrected chi connectivity index (χ2v) is 4.35. The van der Waals surface area contributed by atoms with E-state index in [4.69, 9.17) is 5.73 Å². The van der Waals surface area contributed by atoms with E-state index in [1.807, 2.05) is 0 Å². The maximum absolute atomic E-state index is 11.5. The number of anilines is 1. The minimum Gasteiger partial charge on any atom is -0.392 e. The molecule has 110 valence electrons. The quantitative estimate of drug-likeness (QED) is 0.431. The molecule has 0 heterocycles. The molecule has 5 N–H and O–H groups in total. The summed E-state index contributed by atoms with van der Waals surface area (Å²) in [7, 11) is 1.47. The number of rotatable bonds is 6. The normalized spacial score (nSPS) is 13.4. The van der Waals surface area contributed by atoms with Crippen LogP contribution in [0.2, 0.25) is 0 Å². The molecular formula is C12H18N4O4. The Morgan fingerprint density at radius 2 is 2.20 bits per heavy atom. The van der Waals surface area contributed by atoms with Gasteiger partial charge in [0.25, 0.3) is 11.6 Å². The van der Waals surface area contributed by atoms with Crippen molar-refractivity contribution in [2.45, 2.75) is 19.1 Å². The van der Waals surface area contributed by atoms with Gasteiger partial charge in [0, 0.05) is 31.3 Å². The van der Waals surface area contributed by atoms with Gasteiger partial charge in [0.05, 0.1) is 11.0 Å². The molecule has 8 heteroatoms. The zero-order valence-corrected chi connectivity index (χ0v) is 11.3. The van der Waals surface area contributed by atoms with E-state index in [-0.39, 0.29) is 23.8 Å². The van der Waals surface area contributed by atoms with Gasteiger partial charge in [-0.05, 0) is 19.1 Å². The first kappa shape index (κ1) is 15.9. The summed E-state index contributed by atoms with van der Waals surface area (Å²) in [4.78, 5) is 21.9. The molecule has 0 saturated heterocycles. The lowest BCUT2D eigenvalue weighted by molar-refractivity contribution is -0.384. The Morgan fingerprint density at radius 1 is 1.55 bits per heavy atom. The number of nitrogens with zero attached hydrogens (tertiary/aromatic N) is 1. The average molecular weight is 282 g/mol. The Labute approximate surface area is 116 Å². The number of aliphatic hydroxyl groups excluding tert-OH is 1. The van der Waals surface area contributed by atoms with Gasteiger partial charge >= 0.3 is 0 Å². The van der Waals surface area contributed by atoms with Crippen LogP contribution in [-0.4, -0.2) is 41.7 Å². The summed E-state index contributed by atoms with van der Waals surface area (Å²) in [5.41, 5.74) is 5.98. The van der Waals surface area contributed by atoms with Crippen LogP contribution in [0.4, 0.5) is 11.4 Å². The molecule has 0 fully saturated rings. The number of nitro groups is 1. The van der Waals surface area contributed by atoms with Gasteiger partial charge in [-0.3, -0.25) is 14.9 Å². The van der Waals surface area contributed by atoms with Crippen molar-refractivity contribution in [1.82, 2.24) is 5.32 Å². The Hall–Kier alpha value is -2.19. The number of nitrogens with one attached hydrogen (secondary N) is 2. The van der Waals surface area contributed by atoms with Gasteiger partial charge in [-0.1, -0.05) is 0 Å². The summed E-state index contributed by atoms with van der Waals surface area (Å²) in [6.45, 7) is 1.68. The molecule has 20 heavy (non-hydrogen) atoms. The van der Waals surface area contributed by atoms with E-state index in [1.165, 1.54) is 32.2 Å². The molecule has 2 unspecified atom stereocenters. The van der Waals surface area contributed by atoms with E-state index in [9.17, 15) is 20.0 Å². The molecule has 0 aromatic heterocycles. The lowest BCUT2D eigenvalue weighted by Crippen LogP contribution is -2.38. The molecule has 1 aromatic rings. The molecule has 8 nitrogen and oxygen atoms in total. The second-order valence-electron chi connectivity index (χ2n) is 4.35. The fourth-order valence-corrected chi connectivity index (χ4v) is 1.52. The van der Waals surface area contributed by atoms with Crippen LogP contribution in [0.5, 0.6) is 0 Å². The standard InChI is InChI=1S/C12H18N4O4/c1-7(17)9(13)6-15-10-5-8(12(18)14-2)3-4-11(10)16(19)20/h3-5,7,9,15,17H,6,13H2,1-2H3,(H,14,18). The van der Waals surface area contributed by atoms with E-state index in [1.54, 1.807) is 0 Å². The molecule has 1 aromatic carbocycles. The van der Waals surface area contributed by atoms with Gasteiger partial charge in [-0.25, -0.2) is 0 Å². The van der Waals surface area contributed by atoms with E-state index < -0.39 is 17.1 Å². The third kappa shape index (κ3) is 3.90. The van der Waals surface area contributed by atoms with Gasteiger partial charge in [-0.15, -0.1) is 0 Å². The summed E-state index contributed by atoms with van der Waals surface area (Å²) in [5.74, 6) is -0.345. The Bertz CT molecular complexity index is 504. The lowest BCUT2D eigenvalue weighted by Gasteiger charge is -2.16. The smallest absolute Gasteiger partial charge is 0.292 e. The van der Waals surface area contributed by atoms with Crippen LogP contribution in [0.25, 0.3) is 0 Å². The van der Waals surface area contributed by atoms with E-state index >= 15 is 0 Å². The fraction of sp³-hybridized carbons (Fsp3) is 0.417. The van der Waals surface area contributed by atoms with Crippen molar-refractivity contribution in [2.24, 2.45) is 5.73 Å². The predicted octanol–water partition coefficient (Wildman–Crippen LogP) is 0.0744. The van der Waals surface area contributed by atoms with Gasteiger partial charge in [0.2, 0.25) is 0 Å². The molecular weight excluding hydrogens is 264 g/mol. The molecule has 0 aliphatic rings. The van der Waals surface area contributed by atoms with Crippen LogP contribution in [-0.2, 0) is 0 Å². The third-order valence-corrected chi connectivity index (χ3v) is 2.83. The SMILES string of the molecule is CNC(=O)c1ccc([N+](=O)[O-])c(NCC(N)C(C)O)c1. The van der Waals surface area contributed by atoms with Crippen molar-refractivity contribution in [3.8, 4) is 0 Å². The van der Waals surface area contributed by atoms with E-state index in [0.29, 0.717) is 5.56 Å². The number of nitrogens with two attached hydrogens (primary N) is 1.